The van der Waals surface area contributed by atoms with Crippen LogP contribution in [0.15, 0.2) is 65.5 Å². The molecule has 0 atom stereocenters. The fraction of sp³-hybridized carbons (Fsp3) is 0.261. The van der Waals surface area contributed by atoms with Crippen LogP contribution in [0.25, 0.3) is 5.78 Å². The minimum absolute atomic E-state index is 0.0467. The summed E-state index contributed by atoms with van der Waals surface area (Å²) in [5.41, 5.74) is 3.72. The molecule has 28 heavy (non-hydrogen) atoms. The number of nitrogens with one attached hydrogen (secondary N) is 1. The summed E-state index contributed by atoms with van der Waals surface area (Å²) < 4.78 is 1.49. The SMILES string of the molecule is CCCCc1c(C)nc2nc(C(c3ccccc3)c3ccccc3)[nH]n2c1=O. The molecule has 0 aliphatic heterocycles. The fourth-order valence-corrected chi connectivity index (χ4v) is 3.64. The van der Waals surface area contributed by atoms with Gasteiger partial charge in [0, 0.05) is 5.56 Å². The Morgan fingerprint density at radius 2 is 1.57 bits per heavy atom. The van der Waals surface area contributed by atoms with Gasteiger partial charge in [0.05, 0.1) is 11.6 Å². The van der Waals surface area contributed by atoms with Crippen LogP contribution in [0.1, 0.15) is 53.9 Å². The van der Waals surface area contributed by atoms with Crippen molar-refractivity contribution in [1.82, 2.24) is 19.6 Å². The maximum Gasteiger partial charge on any atom is 0.277 e. The summed E-state index contributed by atoms with van der Waals surface area (Å²) in [7, 11) is 0. The van der Waals surface area contributed by atoms with Gasteiger partial charge in [-0.1, -0.05) is 74.0 Å². The second-order valence-electron chi connectivity index (χ2n) is 7.08. The highest BCUT2D eigenvalue weighted by Gasteiger charge is 2.22. The number of unbranched alkanes of at least 4 members (excludes halogenated alkanes) is 1. The average Bonchev–Trinajstić information content (AvgIpc) is 3.13. The van der Waals surface area contributed by atoms with Crippen LogP contribution in [-0.2, 0) is 6.42 Å². The lowest BCUT2D eigenvalue weighted by Gasteiger charge is -2.15. The van der Waals surface area contributed by atoms with E-state index in [4.69, 9.17) is 4.98 Å². The number of rotatable bonds is 6. The second kappa shape index (κ2) is 7.80. The Morgan fingerprint density at radius 1 is 0.964 bits per heavy atom. The van der Waals surface area contributed by atoms with Gasteiger partial charge in [0.15, 0.2) is 0 Å². The minimum Gasteiger partial charge on any atom is -0.274 e. The van der Waals surface area contributed by atoms with Crippen molar-refractivity contribution in [2.75, 3.05) is 0 Å². The van der Waals surface area contributed by atoms with Crippen LogP contribution in [0.2, 0.25) is 0 Å². The molecule has 0 fully saturated rings. The molecular formula is C23H24N4O. The van der Waals surface area contributed by atoms with E-state index in [1.807, 2.05) is 43.3 Å². The van der Waals surface area contributed by atoms with Crippen LogP contribution in [0.4, 0.5) is 0 Å². The first-order chi connectivity index (χ1) is 13.7. The molecule has 142 valence electrons. The van der Waals surface area contributed by atoms with Crippen LogP contribution in [0.3, 0.4) is 0 Å². The number of H-pyrrole nitrogens is 1. The van der Waals surface area contributed by atoms with Crippen LogP contribution in [0.5, 0.6) is 0 Å². The Balaban J connectivity index is 1.88. The van der Waals surface area contributed by atoms with Gasteiger partial charge in [0.25, 0.3) is 11.3 Å². The molecule has 0 bridgehead atoms. The van der Waals surface area contributed by atoms with Crippen molar-refractivity contribution >= 4 is 5.78 Å². The normalized spacial score (nSPS) is 11.4. The van der Waals surface area contributed by atoms with Gasteiger partial charge in [0.2, 0.25) is 0 Å². The zero-order chi connectivity index (χ0) is 19.5. The van der Waals surface area contributed by atoms with E-state index in [-0.39, 0.29) is 11.5 Å². The van der Waals surface area contributed by atoms with Crippen LogP contribution in [0, 0.1) is 6.92 Å². The molecule has 5 heteroatoms. The number of aromatic amines is 1. The summed E-state index contributed by atoms with van der Waals surface area (Å²) in [5, 5.41) is 3.24. The molecule has 2 aromatic carbocycles. The summed E-state index contributed by atoms with van der Waals surface area (Å²) in [6, 6.07) is 20.4. The molecule has 0 unspecified atom stereocenters. The Bertz CT molecular complexity index is 1090. The van der Waals surface area contributed by atoms with Gasteiger partial charge in [-0.2, -0.15) is 9.50 Å². The lowest BCUT2D eigenvalue weighted by Crippen LogP contribution is -2.22. The molecule has 0 aliphatic rings. The molecule has 4 rings (SSSR count). The molecule has 0 saturated heterocycles. The number of aromatic nitrogens is 4. The molecule has 2 heterocycles. The van der Waals surface area contributed by atoms with Gasteiger partial charge in [-0.15, -0.1) is 0 Å². The maximum atomic E-state index is 13.0. The van der Waals surface area contributed by atoms with Crippen molar-refractivity contribution in [2.24, 2.45) is 0 Å². The van der Waals surface area contributed by atoms with Crippen molar-refractivity contribution in [2.45, 2.75) is 39.0 Å². The molecule has 0 saturated carbocycles. The average molecular weight is 372 g/mol. The Hall–Kier alpha value is -3.21. The number of hydrogen-bond donors (Lipinski definition) is 1. The van der Waals surface area contributed by atoms with Gasteiger partial charge < -0.3 is 0 Å². The third-order valence-electron chi connectivity index (χ3n) is 5.13. The monoisotopic (exact) mass is 372 g/mol. The van der Waals surface area contributed by atoms with Crippen LogP contribution in [-0.4, -0.2) is 19.6 Å². The standard InChI is InChI=1S/C23H24N4O/c1-3-4-15-19-16(2)24-23-25-21(26-27(23)22(19)28)20(17-11-7-5-8-12-17)18-13-9-6-10-14-18/h5-14,20H,3-4,15H2,1-2H3,(H,24,25,26). The third-order valence-corrected chi connectivity index (χ3v) is 5.13. The lowest BCUT2D eigenvalue weighted by molar-refractivity contribution is 0.752. The second-order valence-corrected chi connectivity index (χ2v) is 7.08. The maximum absolute atomic E-state index is 13.0. The highest BCUT2D eigenvalue weighted by molar-refractivity contribution is 5.41. The van der Waals surface area contributed by atoms with E-state index in [0.29, 0.717) is 11.6 Å². The smallest absolute Gasteiger partial charge is 0.274 e. The van der Waals surface area contributed by atoms with E-state index in [1.54, 1.807) is 0 Å². The van der Waals surface area contributed by atoms with E-state index in [9.17, 15) is 4.79 Å². The van der Waals surface area contributed by atoms with Crippen molar-refractivity contribution in [3.05, 3.63) is 99.2 Å². The number of aryl methyl sites for hydroxylation is 1. The number of hydrogen-bond acceptors (Lipinski definition) is 3. The van der Waals surface area contributed by atoms with E-state index >= 15 is 0 Å². The summed E-state index contributed by atoms with van der Waals surface area (Å²) in [6.07, 6.45) is 2.76. The van der Waals surface area contributed by atoms with Crippen LogP contribution >= 0.6 is 0 Å². The first kappa shape index (κ1) is 18.2. The largest absolute Gasteiger partial charge is 0.277 e. The van der Waals surface area contributed by atoms with Gasteiger partial charge in [-0.05, 0) is 30.9 Å². The highest BCUT2D eigenvalue weighted by Crippen LogP contribution is 2.29. The first-order valence-corrected chi connectivity index (χ1v) is 9.77. The Labute approximate surface area is 164 Å². The zero-order valence-electron chi connectivity index (χ0n) is 16.2. The molecule has 4 aromatic rings. The number of fused-ring (bicyclic) bond motifs is 1. The van der Waals surface area contributed by atoms with Crippen LogP contribution < -0.4 is 5.56 Å². The van der Waals surface area contributed by atoms with Gasteiger partial charge in [0.1, 0.15) is 5.82 Å². The molecular weight excluding hydrogens is 348 g/mol. The summed E-state index contributed by atoms with van der Waals surface area (Å²) in [4.78, 5) is 22.3. The number of benzene rings is 2. The van der Waals surface area contributed by atoms with E-state index in [1.165, 1.54) is 4.52 Å². The summed E-state index contributed by atoms with van der Waals surface area (Å²) >= 11 is 0. The Morgan fingerprint density at radius 3 is 2.14 bits per heavy atom. The topological polar surface area (TPSA) is 63.1 Å². The predicted octanol–water partition coefficient (Wildman–Crippen LogP) is 4.25. The van der Waals surface area contributed by atoms with Crippen molar-refractivity contribution < 1.29 is 0 Å². The number of nitrogens with zero attached hydrogens (tertiary/aromatic N) is 3. The molecule has 1 N–H and O–H groups in total. The molecule has 0 spiro atoms. The van der Waals surface area contributed by atoms with E-state index < -0.39 is 0 Å². The lowest BCUT2D eigenvalue weighted by atomic mass is 9.91. The zero-order valence-corrected chi connectivity index (χ0v) is 16.2. The van der Waals surface area contributed by atoms with Gasteiger partial charge in [-0.3, -0.25) is 9.89 Å². The summed E-state index contributed by atoms with van der Waals surface area (Å²) in [5.74, 6) is 1.05. The molecule has 0 radical (unpaired) electrons. The Kier molecular flexibility index (Phi) is 5.06. The fourth-order valence-electron chi connectivity index (χ4n) is 3.64. The van der Waals surface area contributed by atoms with Crippen molar-refractivity contribution in [3.63, 3.8) is 0 Å². The molecule has 2 aromatic heterocycles. The minimum atomic E-state index is -0.0945. The quantitative estimate of drug-likeness (QED) is 0.550. The molecule has 5 nitrogen and oxygen atoms in total. The molecule has 0 aliphatic carbocycles. The third kappa shape index (κ3) is 3.36. The highest BCUT2D eigenvalue weighted by atomic mass is 16.1. The molecule has 0 amide bonds. The van der Waals surface area contributed by atoms with E-state index in [0.717, 1.165) is 41.6 Å². The first-order valence-electron chi connectivity index (χ1n) is 9.77. The van der Waals surface area contributed by atoms with Gasteiger partial charge in [-0.25, -0.2) is 4.98 Å². The van der Waals surface area contributed by atoms with Crippen molar-refractivity contribution in [1.29, 1.82) is 0 Å². The predicted molar refractivity (Wildman–Crippen MR) is 111 cm³/mol. The van der Waals surface area contributed by atoms with Crippen molar-refractivity contribution in [3.8, 4) is 0 Å². The van der Waals surface area contributed by atoms with E-state index in [2.05, 4.69) is 41.3 Å². The summed E-state index contributed by atoms with van der Waals surface area (Å²) in [6.45, 7) is 4.02. The van der Waals surface area contributed by atoms with Gasteiger partial charge >= 0.3 is 0 Å².